The second-order valence-electron chi connectivity index (χ2n) is 6.10. The van der Waals surface area contributed by atoms with E-state index in [1.165, 1.54) is 0 Å². The van der Waals surface area contributed by atoms with Crippen molar-refractivity contribution in [1.82, 2.24) is 9.97 Å². The van der Waals surface area contributed by atoms with Gasteiger partial charge in [0.05, 0.1) is 11.0 Å². The van der Waals surface area contributed by atoms with Crippen molar-refractivity contribution in [3.63, 3.8) is 0 Å². The molecule has 0 saturated heterocycles. The predicted octanol–water partition coefficient (Wildman–Crippen LogP) is 5.44. The van der Waals surface area contributed by atoms with Crippen LogP contribution in [0, 0.1) is 6.92 Å². The summed E-state index contributed by atoms with van der Waals surface area (Å²) in [6.07, 6.45) is 0. The first-order chi connectivity index (χ1) is 12.6. The Morgan fingerprint density at radius 3 is 2.65 bits per heavy atom. The van der Waals surface area contributed by atoms with Crippen LogP contribution in [-0.4, -0.2) is 15.9 Å². The SMILES string of the molecule is Cc1cc(-c2nc3ccccc3[nH]2)ccc1NC(=O)c1cccc(Cl)c1. The number of carbonyl (C=O) groups is 1. The summed E-state index contributed by atoms with van der Waals surface area (Å²) in [5, 5.41) is 3.47. The van der Waals surface area contributed by atoms with Crippen LogP contribution >= 0.6 is 11.6 Å². The Labute approximate surface area is 155 Å². The second kappa shape index (κ2) is 6.65. The number of hydrogen-bond donors (Lipinski definition) is 2. The molecule has 2 N–H and O–H groups in total. The molecular weight excluding hydrogens is 346 g/mol. The molecule has 0 spiro atoms. The third-order valence-electron chi connectivity index (χ3n) is 4.22. The summed E-state index contributed by atoms with van der Waals surface area (Å²) in [6, 6.07) is 20.6. The number of halogens is 1. The van der Waals surface area contributed by atoms with Crippen molar-refractivity contribution >= 4 is 34.2 Å². The summed E-state index contributed by atoms with van der Waals surface area (Å²) in [6.45, 7) is 1.96. The molecule has 4 nitrogen and oxygen atoms in total. The van der Waals surface area contributed by atoms with Crippen LogP contribution in [0.2, 0.25) is 5.02 Å². The molecule has 0 aliphatic heterocycles. The number of nitrogens with zero attached hydrogens (tertiary/aromatic N) is 1. The van der Waals surface area contributed by atoms with Gasteiger partial charge in [0, 0.05) is 21.8 Å². The Bertz CT molecular complexity index is 1080. The quantitative estimate of drug-likeness (QED) is 0.510. The van der Waals surface area contributed by atoms with E-state index in [-0.39, 0.29) is 5.91 Å². The number of H-pyrrole nitrogens is 1. The molecule has 4 aromatic rings. The van der Waals surface area contributed by atoms with Crippen molar-refractivity contribution in [2.75, 3.05) is 5.32 Å². The van der Waals surface area contributed by atoms with Crippen molar-refractivity contribution in [1.29, 1.82) is 0 Å². The van der Waals surface area contributed by atoms with E-state index < -0.39 is 0 Å². The first kappa shape index (κ1) is 16.4. The van der Waals surface area contributed by atoms with E-state index in [9.17, 15) is 4.79 Å². The van der Waals surface area contributed by atoms with E-state index in [0.29, 0.717) is 10.6 Å². The van der Waals surface area contributed by atoms with Gasteiger partial charge in [0.1, 0.15) is 5.82 Å². The standard InChI is InChI=1S/C21H16ClN3O/c1-13-11-14(20-23-18-7-2-3-8-19(18)24-20)9-10-17(13)25-21(26)15-5-4-6-16(22)12-15/h2-12H,1H3,(H,23,24)(H,25,26). The third-order valence-corrected chi connectivity index (χ3v) is 4.46. The molecule has 1 heterocycles. The van der Waals surface area contributed by atoms with Crippen LogP contribution in [0.1, 0.15) is 15.9 Å². The Balaban J connectivity index is 1.60. The fourth-order valence-corrected chi connectivity index (χ4v) is 3.06. The van der Waals surface area contributed by atoms with Gasteiger partial charge in [-0.3, -0.25) is 4.79 Å². The molecule has 0 unspecified atom stereocenters. The fourth-order valence-electron chi connectivity index (χ4n) is 2.86. The Morgan fingerprint density at radius 1 is 1.04 bits per heavy atom. The lowest BCUT2D eigenvalue weighted by Gasteiger charge is -2.10. The molecule has 0 fully saturated rings. The molecule has 128 valence electrons. The number of imidazole rings is 1. The lowest BCUT2D eigenvalue weighted by molar-refractivity contribution is 0.102. The number of carbonyl (C=O) groups excluding carboxylic acids is 1. The highest BCUT2D eigenvalue weighted by molar-refractivity contribution is 6.31. The van der Waals surface area contributed by atoms with E-state index in [4.69, 9.17) is 11.6 Å². The first-order valence-electron chi connectivity index (χ1n) is 8.23. The zero-order valence-corrected chi connectivity index (χ0v) is 14.8. The minimum Gasteiger partial charge on any atom is -0.338 e. The van der Waals surface area contributed by atoms with Crippen molar-refractivity contribution in [2.45, 2.75) is 6.92 Å². The van der Waals surface area contributed by atoms with Gasteiger partial charge in [-0.05, 0) is 61.0 Å². The van der Waals surface area contributed by atoms with Gasteiger partial charge in [-0.15, -0.1) is 0 Å². The third kappa shape index (κ3) is 3.19. The number of para-hydroxylation sites is 2. The van der Waals surface area contributed by atoms with Gasteiger partial charge in [-0.2, -0.15) is 0 Å². The molecule has 1 aromatic heterocycles. The molecule has 3 aromatic carbocycles. The van der Waals surface area contributed by atoms with Crippen LogP contribution in [0.25, 0.3) is 22.4 Å². The summed E-state index contributed by atoms with van der Waals surface area (Å²) in [5.74, 6) is 0.620. The van der Waals surface area contributed by atoms with Crippen LogP contribution < -0.4 is 5.32 Å². The Hall–Kier alpha value is -3.11. The minimum atomic E-state index is -0.188. The van der Waals surface area contributed by atoms with Crippen molar-refractivity contribution in [2.24, 2.45) is 0 Å². The Kier molecular flexibility index (Phi) is 4.19. The van der Waals surface area contributed by atoms with Gasteiger partial charge < -0.3 is 10.3 Å². The largest absolute Gasteiger partial charge is 0.338 e. The lowest BCUT2D eigenvalue weighted by Crippen LogP contribution is -2.12. The molecule has 0 saturated carbocycles. The van der Waals surface area contributed by atoms with Gasteiger partial charge in [0.15, 0.2) is 0 Å². The fraction of sp³-hybridized carbons (Fsp3) is 0.0476. The first-order valence-corrected chi connectivity index (χ1v) is 8.61. The van der Waals surface area contributed by atoms with Crippen LogP contribution in [0.5, 0.6) is 0 Å². The monoisotopic (exact) mass is 361 g/mol. The number of aromatic amines is 1. The second-order valence-corrected chi connectivity index (χ2v) is 6.53. The highest BCUT2D eigenvalue weighted by atomic mass is 35.5. The number of rotatable bonds is 3. The van der Waals surface area contributed by atoms with Crippen LogP contribution in [-0.2, 0) is 0 Å². The van der Waals surface area contributed by atoms with Gasteiger partial charge in [0.2, 0.25) is 0 Å². The smallest absolute Gasteiger partial charge is 0.255 e. The minimum absolute atomic E-state index is 0.188. The molecule has 0 bridgehead atoms. The number of hydrogen-bond acceptors (Lipinski definition) is 2. The van der Waals surface area contributed by atoms with Gasteiger partial charge in [0.25, 0.3) is 5.91 Å². The number of aryl methyl sites for hydroxylation is 1. The zero-order chi connectivity index (χ0) is 18.1. The number of amides is 1. The molecule has 0 radical (unpaired) electrons. The number of fused-ring (bicyclic) bond motifs is 1. The average molecular weight is 362 g/mol. The van der Waals surface area contributed by atoms with E-state index in [2.05, 4.69) is 15.3 Å². The van der Waals surface area contributed by atoms with Crippen LogP contribution in [0.3, 0.4) is 0 Å². The van der Waals surface area contributed by atoms with Crippen molar-refractivity contribution in [3.8, 4) is 11.4 Å². The predicted molar refractivity (Wildman–Crippen MR) is 106 cm³/mol. The Morgan fingerprint density at radius 2 is 1.88 bits per heavy atom. The molecule has 26 heavy (non-hydrogen) atoms. The highest BCUT2D eigenvalue weighted by Gasteiger charge is 2.10. The summed E-state index contributed by atoms with van der Waals surface area (Å²) in [4.78, 5) is 20.3. The molecule has 1 amide bonds. The average Bonchev–Trinajstić information content (AvgIpc) is 3.07. The summed E-state index contributed by atoms with van der Waals surface area (Å²) in [7, 11) is 0. The number of nitrogens with one attached hydrogen (secondary N) is 2. The van der Waals surface area contributed by atoms with Crippen molar-refractivity contribution in [3.05, 3.63) is 82.9 Å². The molecule has 0 aliphatic rings. The summed E-state index contributed by atoms with van der Waals surface area (Å²) < 4.78 is 0. The van der Waals surface area contributed by atoms with Gasteiger partial charge in [-0.25, -0.2) is 4.98 Å². The van der Waals surface area contributed by atoms with Gasteiger partial charge in [-0.1, -0.05) is 29.8 Å². The van der Waals surface area contributed by atoms with Crippen LogP contribution in [0.4, 0.5) is 5.69 Å². The molecule has 4 rings (SSSR count). The summed E-state index contributed by atoms with van der Waals surface area (Å²) >= 11 is 5.95. The summed E-state index contributed by atoms with van der Waals surface area (Å²) in [5.41, 5.74) is 5.14. The van der Waals surface area contributed by atoms with Crippen molar-refractivity contribution < 1.29 is 4.79 Å². The number of aromatic nitrogens is 2. The molecule has 0 atom stereocenters. The maximum absolute atomic E-state index is 12.4. The van der Waals surface area contributed by atoms with E-state index in [1.807, 2.05) is 49.4 Å². The normalized spacial score (nSPS) is 10.8. The topological polar surface area (TPSA) is 57.8 Å². The van der Waals surface area contributed by atoms with E-state index in [0.717, 1.165) is 33.7 Å². The maximum atomic E-state index is 12.4. The maximum Gasteiger partial charge on any atom is 0.255 e. The van der Waals surface area contributed by atoms with E-state index in [1.54, 1.807) is 24.3 Å². The van der Waals surface area contributed by atoms with Gasteiger partial charge >= 0.3 is 0 Å². The number of benzene rings is 3. The lowest BCUT2D eigenvalue weighted by atomic mass is 10.1. The number of anilines is 1. The zero-order valence-electron chi connectivity index (χ0n) is 14.1. The molecule has 0 aliphatic carbocycles. The molecular formula is C21H16ClN3O. The molecule has 5 heteroatoms. The van der Waals surface area contributed by atoms with E-state index >= 15 is 0 Å². The van der Waals surface area contributed by atoms with Crippen LogP contribution in [0.15, 0.2) is 66.7 Å². The highest BCUT2D eigenvalue weighted by Crippen LogP contribution is 2.25.